The molecule has 2 amide bonds. The van der Waals surface area contributed by atoms with E-state index in [9.17, 15) is 24.6 Å². The normalized spacial score (nSPS) is 18.1. The minimum atomic E-state index is -1.12. The highest BCUT2D eigenvalue weighted by atomic mass is 127. The van der Waals surface area contributed by atoms with Crippen LogP contribution in [0, 0.1) is 9.49 Å². The molecule has 0 aliphatic heterocycles. The Hall–Kier alpha value is -2.18. The molecule has 0 bridgehead atoms. The lowest BCUT2D eigenvalue weighted by Gasteiger charge is -2.41. The summed E-state index contributed by atoms with van der Waals surface area (Å²) in [5.74, 6) is 0.597. The van der Waals surface area contributed by atoms with Crippen LogP contribution < -0.4 is 14.8 Å². The van der Waals surface area contributed by atoms with E-state index in [-0.39, 0.29) is 31.4 Å². The Labute approximate surface area is 277 Å². The predicted octanol–water partition coefficient (Wildman–Crippen LogP) is 5.82. The lowest BCUT2D eigenvalue weighted by molar-refractivity contribution is -0.139. The minimum absolute atomic E-state index is 0.0316. The van der Waals surface area contributed by atoms with Crippen molar-refractivity contribution < 1.29 is 34.1 Å². The quantitative estimate of drug-likeness (QED) is 0.0828. The monoisotopic (exact) mass is 728 g/mol. The molecule has 0 spiro atoms. The number of nitrogens with zero attached hydrogens (tertiary/aromatic N) is 1. The van der Waals surface area contributed by atoms with Gasteiger partial charge < -0.3 is 29.9 Å². The Balaban J connectivity index is 2.27. The maximum Gasteiger partial charge on any atom is 0.247 e. The van der Waals surface area contributed by atoms with Crippen LogP contribution in [0.1, 0.15) is 108 Å². The van der Waals surface area contributed by atoms with Crippen LogP contribution >= 0.6 is 22.6 Å². The molecule has 0 radical (unpaired) electrons. The molecule has 2 rings (SSSR count). The van der Waals surface area contributed by atoms with Gasteiger partial charge in [-0.3, -0.25) is 14.4 Å². The number of nitrogens with one attached hydrogen (secondary N) is 1. The van der Waals surface area contributed by atoms with Crippen molar-refractivity contribution in [3.63, 3.8) is 0 Å². The number of aliphatic hydroxyl groups is 2. The molecule has 0 fully saturated rings. The standard InChI is InChI=1S/C34H53IN2O7/c1-5-6-7-8-9-10-11-12-13-14-31(40)37(17-15-24(2)3)28-21-26(34(42)36-16-18-38)22-29(32(28)41)44-33-27(35)19-25(23-39)20-30(33)43-4/h19-20,22-24,28-29,32,38,41H,5-18,21H2,1-4H3,(H,36,42). The summed E-state index contributed by atoms with van der Waals surface area (Å²) >= 11 is 2.04. The number of ether oxygens (including phenoxy) is 2. The average Bonchev–Trinajstić information content (AvgIpc) is 3.00. The fourth-order valence-corrected chi connectivity index (χ4v) is 6.19. The first-order chi connectivity index (χ1) is 21.2. The van der Waals surface area contributed by atoms with Gasteiger partial charge in [0.05, 0.1) is 23.3 Å². The number of carbonyl (C=O) groups is 3. The molecule has 1 aromatic carbocycles. The first-order valence-corrected chi connectivity index (χ1v) is 17.3. The highest BCUT2D eigenvalue weighted by Crippen LogP contribution is 2.37. The Morgan fingerprint density at radius 1 is 1.11 bits per heavy atom. The van der Waals surface area contributed by atoms with Gasteiger partial charge in [0, 0.05) is 37.1 Å². The largest absolute Gasteiger partial charge is 0.493 e. The maximum atomic E-state index is 13.7. The number of aldehydes is 1. The zero-order valence-electron chi connectivity index (χ0n) is 27.0. The van der Waals surface area contributed by atoms with Crippen molar-refractivity contribution in [2.24, 2.45) is 5.92 Å². The molecule has 248 valence electrons. The fourth-order valence-electron chi connectivity index (χ4n) is 5.44. The number of methoxy groups -OCH3 is 1. The third kappa shape index (κ3) is 12.3. The molecule has 44 heavy (non-hydrogen) atoms. The van der Waals surface area contributed by atoms with Gasteiger partial charge in [-0.15, -0.1) is 0 Å². The molecule has 10 heteroatoms. The number of benzene rings is 1. The number of hydrogen-bond acceptors (Lipinski definition) is 7. The predicted molar refractivity (Wildman–Crippen MR) is 181 cm³/mol. The van der Waals surface area contributed by atoms with Gasteiger partial charge in [0.15, 0.2) is 11.5 Å². The van der Waals surface area contributed by atoms with Crippen LogP contribution in [-0.2, 0) is 9.59 Å². The fraction of sp³-hybridized carbons (Fsp3) is 0.676. The second-order valence-electron chi connectivity index (χ2n) is 12.0. The number of hydrogen-bond donors (Lipinski definition) is 3. The number of aliphatic hydroxyl groups excluding tert-OH is 2. The van der Waals surface area contributed by atoms with Crippen molar-refractivity contribution in [1.29, 1.82) is 0 Å². The number of amides is 2. The Kier molecular flexibility index (Phi) is 17.9. The number of unbranched alkanes of at least 4 members (excludes halogenated alkanes) is 8. The van der Waals surface area contributed by atoms with E-state index < -0.39 is 18.2 Å². The second kappa shape index (κ2) is 20.8. The molecule has 3 unspecified atom stereocenters. The van der Waals surface area contributed by atoms with E-state index in [1.807, 2.05) is 22.6 Å². The average molecular weight is 729 g/mol. The zero-order valence-corrected chi connectivity index (χ0v) is 29.1. The summed E-state index contributed by atoms with van der Waals surface area (Å²) in [6.45, 7) is 6.75. The van der Waals surface area contributed by atoms with Gasteiger partial charge in [0.25, 0.3) is 0 Å². The summed E-state index contributed by atoms with van der Waals surface area (Å²) in [5, 5.41) is 23.7. The Bertz CT molecular complexity index is 1080. The third-order valence-corrected chi connectivity index (χ3v) is 8.82. The van der Waals surface area contributed by atoms with E-state index >= 15 is 0 Å². The van der Waals surface area contributed by atoms with E-state index in [2.05, 4.69) is 26.1 Å². The lowest BCUT2D eigenvalue weighted by atomic mass is 9.87. The van der Waals surface area contributed by atoms with Gasteiger partial charge in [-0.1, -0.05) is 72.1 Å². The molecule has 1 aromatic rings. The van der Waals surface area contributed by atoms with Crippen molar-refractivity contribution in [3.8, 4) is 11.5 Å². The van der Waals surface area contributed by atoms with Crippen LogP contribution in [0.15, 0.2) is 23.8 Å². The molecule has 3 N–H and O–H groups in total. The van der Waals surface area contributed by atoms with Crippen LogP contribution in [0.3, 0.4) is 0 Å². The van der Waals surface area contributed by atoms with E-state index in [1.54, 1.807) is 23.1 Å². The van der Waals surface area contributed by atoms with Crippen molar-refractivity contribution in [2.75, 3.05) is 26.8 Å². The molecule has 0 saturated heterocycles. The van der Waals surface area contributed by atoms with E-state index in [0.717, 1.165) is 32.0 Å². The summed E-state index contributed by atoms with van der Waals surface area (Å²) in [6, 6.07) is 2.53. The topological polar surface area (TPSA) is 125 Å². The molecular weight excluding hydrogens is 675 g/mol. The summed E-state index contributed by atoms with van der Waals surface area (Å²) < 4.78 is 12.4. The molecule has 0 saturated carbocycles. The van der Waals surface area contributed by atoms with Gasteiger partial charge >= 0.3 is 0 Å². The lowest BCUT2D eigenvalue weighted by Crippen LogP contribution is -2.55. The smallest absolute Gasteiger partial charge is 0.247 e. The van der Waals surface area contributed by atoms with Crippen LogP contribution in [0.4, 0.5) is 0 Å². The summed E-state index contributed by atoms with van der Waals surface area (Å²) in [5.41, 5.74) is 0.796. The summed E-state index contributed by atoms with van der Waals surface area (Å²) in [7, 11) is 1.47. The highest BCUT2D eigenvalue weighted by Gasteiger charge is 2.40. The van der Waals surface area contributed by atoms with Crippen molar-refractivity contribution >= 4 is 40.7 Å². The zero-order chi connectivity index (χ0) is 32.5. The van der Waals surface area contributed by atoms with E-state index in [4.69, 9.17) is 9.47 Å². The first-order valence-electron chi connectivity index (χ1n) is 16.2. The molecule has 1 aliphatic carbocycles. The number of rotatable bonds is 21. The maximum absolute atomic E-state index is 13.7. The molecule has 0 heterocycles. The van der Waals surface area contributed by atoms with Gasteiger partial charge in [0.1, 0.15) is 18.5 Å². The van der Waals surface area contributed by atoms with Crippen molar-refractivity contribution in [1.82, 2.24) is 10.2 Å². The second-order valence-corrected chi connectivity index (χ2v) is 13.2. The molecule has 0 aromatic heterocycles. The summed E-state index contributed by atoms with van der Waals surface area (Å²) in [4.78, 5) is 40.0. The van der Waals surface area contributed by atoms with Gasteiger partial charge in [-0.25, -0.2) is 0 Å². The SMILES string of the molecule is CCCCCCCCCCCC(=O)N(CCC(C)C)C1CC(C(=O)NCCO)=CC(Oc2c(I)cc(C=O)cc2OC)C1O. The Morgan fingerprint density at radius 3 is 2.36 bits per heavy atom. The number of carbonyl (C=O) groups excluding carboxylic acids is 3. The molecule has 1 aliphatic rings. The minimum Gasteiger partial charge on any atom is -0.493 e. The summed E-state index contributed by atoms with van der Waals surface area (Å²) in [6.07, 6.45) is 11.9. The van der Waals surface area contributed by atoms with E-state index in [1.165, 1.54) is 45.6 Å². The van der Waals surface area contributed by atoms with Crippen molar-refractivity contribution in [3.05, 3.63) is 32.9 Å². The molecule has 9 nitrogen and oxygen atoms in total. The van der Waals surface area contributed by atoms with Crippen LogP contribution in [-0.4, -0.2) is 78.3 Å². The Morgan fingerprint density at radius 2 is 1.77 bits per heavy atom. The highest BCUT2D eigenvalue weighted by molar-refractivity contribution is 14.1. The van der Waals surface area contributed by atoms with Crippen LogP contribution in [0.25, 0.3) is 0 Å². The molecule has 3 atom stereocenters. The first kappa shape index (κ1) is 38.0. The third-order valence-electron chi connectivity index (χ3n) is 8.02. The van der Waals surface area contributed by atoms with Gasteiger partial charge in [-0.2, -0.15) is 0 Å². The van der Waals surface area contributed by atoms with Gasteiger partial charge in [0.2, 0.25) is 11.8 Å². The molecular formula is C34H53IN2O7. The van der Waals surface area contributed by atoms with E-state index in [0.29, 0.717) is 45.1 Å². The van der Waals surface area contributed by atoms with Gasteiger partial charge in [-0.05, 0) is 59.6 Å². The van der Waals surface area contributed by atoms with Crippen molar-refractivity contribution in [2.45, 2.75) is 116 Å². The van der Waals surface area contributed by atoms with Crippen LogP contribution in [0.2, 0.25) is 0 Å². The van der Waals surface area contributed by atoms with Crippen LogP contribution in [0.5, 0.6) is 11.5 Å². The number of halogens is 1.